The number of benzene rings is 1. The Balaban J connectivity index is 1.90. The van der Waals surface area contributed by atoms with Gasteiger partial charge in [0.15, 0.2) is 5.43 Å². The zero-order valence-electron chi connectivity index (χ0n) is 15.6. The summed E-state index contributed by atoms with van der Waals surface area (Å²) in [6.45, 7) is 6.82. The number of aromatic amines is 1. The Morgan fingerprint density at radius 3 is 2.69 bits per heavy atom. The highest BCUT2D eigenvalue weighted by Gasteiger charge is 2.11. The van der Waals surface area contributed by atoms with E-state index in [1.165, 1.54) is 0 Å². The van der Waals surface area contributed by atoms with Crippen molar-refractivity contribution in [1.29, 1.82) is 0 Å². The first-order chi connectivity index (χ1) is 12.6. The van der Waals surface area contributed by atoms with Gasteiger partial charge in [-0.3, -0.25) is 14.7 Å². The van der Waals surface area contributed by atoms with E-state index in [9.17, 15) is 4.79 Å². The van der Waals surface area contributed by atoms with Crippen LogP contribution < -0.4 is 5.43 Å². The normalized spacial score (nSPS) is 11.4. The van der Waals surface area contributed by atoms with Gasteiger partial charge in [0.05, 0.1) is 12.1 Å². The third-order valence-electron chi connectivity index (χ3n) is 4.59. The highest BCUT2D eigenvalue weighted by molar-refractivity contribution is 5.84. The third kappa shape index (κ3) is 4.18. The molecular formula is C21H25N3O2. The topological polar surface area (TPSA) is 58.2 Å². The Morgan fingerprint density at radius 1 is 1.15 bits per heavy atom. The summed E-state index contributed by atoms with van der Waals surface area (Å²) in [5, 5.41) is 0.782. The smallest absolute Gasteiger partial charge is 0.189 e. The number of pyridine rings is 2. The summed E-state index contributed by atoms with van der Waals surface area (Å²) in [5.41, 5.74) is 5.14. The number of hydrogen-bond donors (Lipinski definition) is 1. The molecule has 2 aromatic heterocycles. The maximum atomic E-state index is 12.7. The molecule has 136 valence electrons. The monoisotopic (exact) mass is 351 g/mol. The fraction of sp³-hybridized carbons (Fsp3) is 0.333. The fourth-order valence-corrected chi connectivity index (χ4v) is 3.23. The first-order valence-corrected chi connectivity index (χ1v) is 8.81. The van der Waals surface area contributed by atoms with Crippen LogP contribution in [0.3, 0.4) is 0 Å². The lowest BCUT2D eigenvalue weighted by Crippen LogP contribution is -2.27. The summed E-state index contributed by atoms with van der Waals surface area (Å²) < 4.78 is 5.25. The molecule has 0 aliphatic carbocycles. The van der Waals surface area contributed by atoms with Crippen LogP contribution in [0.5, 0.6) is 0 Å². The van der Waals surface area contributed by atoms with Crippen molar-refractivity contribution < 1.29 is 4.74 Å². The molecule has 2 heterocycles. The van der Waals surface area contributed by atoms with E-state index in [4.69, 9.17) is 4.74 Å². The van der Waals surface area contributed by atoms with Gasteiger partial charge in [-0.1, -0.05) is 18.2 Å². The molecule has 0 aliphatic heterocycles. The largest absolute Gasteiger partial charge is 0.383 e. The van der Waals surface area contributed by atoms with Crippen molar-refractivity contribution in [3.8, 4) is 0 Å². The van der Waals surface area contributed by atoms with Crippen LogP contribution in [0.15, 0.2) is 47.5 Å². The Kier molecular flexibility index (Phi) is 5.81. The number of methoxy groups -OCH3 is 1. The van der Waals surface area contributed by atoms with Crippen molar-refractivity contribution in [2.24, 2.45) is 0 Å². The summed E-state index contributed by atoms with van der Waals surface area (Å²) in [5.74, 6) is 0. The Labute approximate surface area is 153 Å². The van der Waals surface area contributed by atoms with E-state index in [0.29, 0.717) is 13.2 Å². The van der Waals surface area contributed by atoms with E-state index in [2.05, 4.69) is 27.0 Å². The van der Waals surface area contributed by atoms with Gasteiger partial charge in [0.2, 0.25) is 0 Å². The quantitative estimate of drug-likeness (QED) is 0.710. The lowest BCUT2D eigenvalue weighted by Gasteiger charge is -2.22. The van der Waals surface area contributed by atoms with Crippen LogP contribution in [0.2, 0.25) is 0 Å². The predicted molar refractivity (Wildman–Crippen MR) is 104 cm³/mol. The van der Waals surface area contributed by atoms with Gasteiger partial charge >= 0.3 is 0 Å². The van der Waals surface area contributed by atoms with Crippen LogP contribution in [0.4, 0.5) is 0 Å². The minimum Gasteiger partial charge on any atom is -0.383 e. The predicted octanol–water partition coefficient (Wildman–Crippen LogP) is 3.19. The molecule has 5 nitrogen and oxygen atoms in total. The summed E-state index contributed by atoms with van der Waals surface area (Å²) in [6.07, 6.45) is 3.64. The molecular weight excluding hydrogens is 326 g/mol. The van der Waals surface area contributed by atoms with E-state index >= 15 is 0 Å². The number of rotatable bonds is 7. The van der Waals surface area contributed by atoms with Gasteiger partial charge < -0.3 is 9.72 Å². The van der Waals surface area contributed by atoms with Gasteiger partial charge in [-0.05, 0) is 36.6 Å². The highest BCUT2D eigenvalue weighted by atomic mass is 16.5. The molecule has 1 N–H and O–H groups in total. The maximum absolute atomic E-state index is 12.7. The Bertz CT molecular complexity index is 935. The van der Waals surface area contributed by atoms with E-state index in [1.807, 2.05) is 32.2 Å². The van der Waals surface area contributed by atoms with Gasteiger partial charge in [0.1, 0.15) is 0 Å². The minimum atomic E-state index is 0.0722. The van der Waals surface area contributed by atoms with Crippen LogP contribution in [0.1, 0.15) is 22.4 Å². The number of nitrogens with zero attached hydrogens (tertiary/aromatic N) is 2. The van der Waals surface area contributed by atoms with Crippen molar-refractivity contribution in [2.45, 2.75) is 26.9 Å². The van der Waals surface area contributed by atoms with Crippen molar-refractivity contribution in [2.75, 3.05) is 20.3 Å². The zero-order chi connectivity index (χ0) is 18.5. The Morgan fingerprint density at radius 2 is 1.96 bits per heavy atom. The zero-order valence-corrected chi connectivity index (χ0v) is 15.6. The number of nitrogens with one attached hydrogen (secondary N) is 1. The third-order valence-corrected chi connectivity index (χ3v) is 4.59. The molecule has 5 heteroatoms. The molecule has 0 radical (unpaired) electrons. The molecule has 0 saturated heterocycles. The highest BCUT2D eigenvalue weighted by Crippen LogP contribution is 2.18. The van der Waals surface area contributed by atoms with Gasteiger partial charge in [0, 0.05) is 56.3 Å². The molecule has 0 amide bonds. The number of fused-ring (bicyclic) bond motifs is 1. The molecule has 1 aromatic carbocycles. The van der Waals surface area contributed by atoms with E-state index < -0.39 is 0 Å². The summed E-state index contributed by atoms with van der Waals surface area (Å²) in [6, 6.07) is 9.77. The summed E-state index contributed by atoms with van der Waals surface area (Å²) in [7, 11) is 1.70. The number of H-pyrrole nitrogens is 1. The minimum absolute atomic E-state index is 0.0722. The average Bonchev–Trinajstić information content (AvgIpc) is 2.63. The first-order valence-electron chi connectivity index (χ1n) is 8.81. The number of hydrogen-bond acceptors (Lipinski definition) is 4. The maximum Gasteiger partial charge on any atom is 0.189 e. The van der Waals surface area contributed by atoms with Crippen molar-refractivity contribution in [1.82, 2.24) is 14.9 Å². The molecule has 0 atom stereocenters. The second-order valence-corrected chi connectivity index (χ2v) is 6.67. The van der Waals surface area contributed by atoms with E-state index in [0.717, 1.165) is 46.4 Å². The number of aryl methyl sites for hydroxylation is 2. The molecule has 0 spiro atoms. The lowest BCUT2D eigenvalue weighted by molar-refractivity contribution is 0.139. The molecule has 0 saturated carbocycles. The molecule has 0 fully saturated rings. The fourth-order valence-electron chi connectivity index (χ4n) is 3.23. The van der Waals surface area contributed by atoms with Crippen LogP contribution >= 0.6 is 0 Å². The second kappa shape index (κ2) is 8.25. The van der Waals surface area contributed by atoms with Gasteiger partial charge in [-0.25, -0.2) is 0 Å². The van der Waals surface area contributed by atoms with Crippen LogP contribution in [0.25, 0.3) is 10.9 Å². The molecule has 0 unspecified atom stereocenters. The lowest BCUT2D eigenvalue weighted by atomic mass is 10.0. The second-order valence-electron chi connectivity index (χ2n) is 6.67. The average molecular weight is 351 g/mol. The summed E-state index contributed by atoms with van der Waals surface area (Å²) in [4.78, 5) is 22.6. The van der Waals surface area contributed by atoms with Crippen molar-refractivity contribution >= 4 is 10.9 Å². The Hall–Kier alpha value is -2.50. The van der Waals surface area contributed by atoms with E-state index in [-0.39, 0.29) is 5.43 Å². The van der Waals surface area contributed by atoms with Gasteiger partial charge in [-0.15, -0.1) is 0 Å². The molecule has 3 aromatic rings. The van der Waals surface area contributed by atoms with Gasteiger partial charge in [0.25, 0.3) is 0 Å². The number of aromatic nitrogens is 2. The molecule has 26 heavy (non-hydrogen) atoms. The van der Waals surface area contributed by atoms with Gasteiger partial charge in [-0.2, -0.15) is 0 Å². The molecule has 0 aliphatic rings. The SMILES string of the molecule is COCCN(Cc1cccnc1)Cc1cc(=O)c2c(C)ccc(C)c2[nH]1. The van der Waals surface area contributed by atoms with Crippen LogP contribution in [-0.4, -0.2) is 35.1 Å². The molecule has 0 bridgehead atoms. The molecule has 3 rings (SSSR count). The van der Waals surface area contributed by atoms with E-state index in [1.54, 1.807) is 19.4 Å². The van der Waals surface area contributed by atoms with Crippen molar-refractivity contribution in [3.05, 3.63) is 75.3 Å². The van der Waals surface area contributed by atoms with Crippen LogP contribution in [-0.2, 0) is 17.8 Å². The van der Waals surface area contributed by atoms with Crippen molar-refractivity contribution in [3.63, 3.8) is 0 Å². The first kappa shape index (κ1) is 18.3. The standard InChI is InChI=1S/C21H25N3O2/c1-15-6-7-16(2)21-20(15)19(25)11-18(23-21)14-24(9-10-26-3)13-17-5-4-8-22-12-17/h4-8,11-12H,9-10,13-14H2,1-3H3,(H,23,25). The summed E-state index contributed by atoms with van der Waals surface area (Å²) >= 11 is 0. The number of ether oxygens (including phenoxy) is 1. The van der Waals surface area contributed by atoms with Crippen LogP contribution in [0, 0.1) is 13.8 Å².